The Morgan fingerprint density at radius 1 is 1.03 bits per heavy atom. The first-order chi connectivity index (χ1) is 14.3. The number of nitrogens with one attached hydrogen (secondary N) is 1. The zero-order valence-corrected chi connectivity index (χ0v) is 17.0. The zero-order valence-electron chi connectivity index (χ0n) is 17.0. The van der Waals surface area contributed by atoms with Crippen LogP contribution in [0.25, 0.3) is 11.0 Å². The number of aryl methyl sites for hydroxylation is 3. The van der Waals surface area contributed by atoms with Gasteiger partial charge in [-0.3, -0.25) is 9.69 Å². The standard InChI is InChI=1S/C24H22N2O4/c1-14-6-9-19-17(12-21(27)30-20(19)10-14)13-26-22(28)24(2,25-23(26)29)18-8-7-15-4-3-5-16(15)11-18/h6-12H,3-5,13H2,1-2H3,(H,25,29)/t24-/m0/s1. The van der Waals surface area contributed by atoms with Crippen molar-refractivity contribution in [2.75, 3.05) is 0 Å². The predicted octanol–water partition coefficient (Wildman–Crippen LogP) is 3.56. The Kier molecular flexibility index (Phi) is 4.07. The van der Waals surface area contributed by atoms with Crippen molar-refractivity contribution in [2.45, 2.75) is 45.2 Å². The zero-order chi connectivity index (χ0) is 21.0. The summed E-state index contributed by atoms with van der Waals surface area (Å²) in [5, 5.41) is 3.58. The van der Waals surface area contributed by atoms with Crippen molar-refractivity contribution in [2.24, 2.45) is 0 Å². The maximum absolute atomic E-state index is 13.4. The van der Waals surface area contributed by atoms with Gasteiger partial charge >= 0.3 is 11.7 Å². The first-order valence-corrected chi connectivity index (χ1v) is 10.1. The summed E-state index contributed by atoms with van der Waals surface area (Å²) in [5.74, 6) is -0.320. The number of fused-ring (bicyclic) bond motifs is 2. The highest BCUT2D eigenvalue weighted by molar-refractivity contribution is 6.07. The first kappa shape index (κ1) is 18.6. The van der Waals surface area contributed by atoms with Gasteiger partial charge in [0.15, 0.2) is 0 Å². The van der Waals surface area contributed by atoms with Gasteiger partial charge in [0.25, 0.3) is 5.91 Å². The molecule has 1 fully saturated rings. The SMILES string of the molecule is Cc1ccc2c(CN3C(=O)N[C@@](C)(c4ccc5c(c4)CCC5)C3=O)cc(=O)oc2c1. The quantitative estimate of drug-likeness (QED) is 0.537. The predicted molar refractivity (Wildman–Crippen MR) is 112 cm³/mol. The minimum atomic E-state index is -1.12. The van der Waals surface area contributed by atoms with E-state index in [0.717, 1.165) is 30.4 Å². The van der Waals surface area contributed by atoms with E-state index in [1.165, 1.54) is 22.1 Å². The van der Waals surface area contributed by atoms with Gasteiger partial charge in [0.05, 0.1) is 6.54 Å². The van der Waals surface area contributed by atoms with E-state index >= 15 is 0 Å². The van der Waals surface area contributed by atoms with Gasteiger partial charge in [0.2, 0.25) is 0 Å². The molecule has 1 aromatic heterocycles. The van der Waals surface area contributed by atoms with Crippen molar-refractivity contribution in [3.63, 3.8) is 0 Å². The summed E-state index contributed by atoms with van der Waals surface area (Å²) >= 11 is 0. The van der Waals surface area contributed by atoms with Crippen molar-refractivity contribution in [1.29, 1.82) is 0 Å². The summed E-state index contributed by atoms with van der Waals surface area (Å²) in [6, 6.07) is 12.5. The minimum absolute atomic E-state index is 0.0103. The van der Waals surface area contributed by atoms with E-state index < -0.39 is 17.2 Å². The van der Waals surface area contributed by atoms with Crippen LogP contribution in [0.1, 0.15) is 41.2 Å². The average molecular weight is 402 g/mol. The number of urea groups is 1. The Labute approximate surface area is 173 Å². The van der Waals surface area contributed by atoms with E-state index in [9.17, 15) is 14.4 Å². The molecule has 1 atom stereocenters. The maximum Gasteiger partial charge on any atom is 0.336 e. The molecule has 152 valence electrons. The Balaban J connectivity index is 1.51. The van der Waals surface area contributed by atoms with Crippen LogP contribution in [-0.4, -0.2) is 16.8 Å². The first-order valence-electron chi connectivity index (χ1n) is 10.1. The molecule has 2 aromatic carbocycles. The summed E-state index contributed by atoms with van der Waals surface area (Å²) in [4.78, 5) is 39.4. The molecule has 3 amide bonds. The second-order valence-corrected chi connectivity index (χ2v) is 8.37. The Hall–Kier alpha value is -3.41. The van der Waals surface area contributed by atoms with Crippen LogP contribution >= 0.6 is 0 Å². The fourth-order valence-electron chi connectivity index (χ4n) is 4.56. The molecule has 2 heterocycles. The molecule has 6 nitrogen and oxygen atoms in total. The van der Waals surface area contributed by atoms with Gasteiger partial charge in [0.1, 0.15) is 11.1 Å². The molecule has 0 unspecified atom stereocenters. The van der Waals surface area contributed by atoms with E-state index in [-0.39, 0.29) is 12.5 Å². The normalized spacial score (nSPS) is 20.7. The highest BCUT2D eigenvalue weighted by Crippen LogP contribution is 2.33. The van der Waals surface area contributed by atoms with Gasteiger partial charge in [-0.15, -0.1) is 0 Å². The third-order valence-electron chi connectivity index (χ3n) is 6.26. The van der Waals surface area contributed by atoms with E-state index in [2.05, 4.69) is 11.4 Å². The van der Waals surface area contributed by atoms with Crippen LogP contribution in [0.2, 0.25) is 0 Å². The average Bonchev–Trinajstić information content (AvgIpc) is 3.25. The summed E-state index contributed by atoms with van der Waals surface area (Å²) in [5.41, 5.74) is 3.72. The van der Waals surface area contributed by atoms with Crippen LogP contribution in [0.5, 0.6) is 0 Å². The molecule has 30 heavy (non-hydrogen) atoms. The van der Waals surface area contributed by atoms with Crippen LogP contribution in [-0.2, 0) is 29.7 Å². The van der Waals surface area contributed by atoms with Crippen LogP contribution < -0.4 is 10.9 Å². The molecule has 6 heteroatoms. The molecule has 1 aliphatic heterocycles. The lowest BCUT2D eigenvalue weighted by Crippen LogP contribution is -2.41. The lowest BCUT2D eigenvalue weighted by molar-refractivity contribution is -0.131. The number of nitrogens with zero attached hydrogens (tertiary/aromatic N) is 1. The van der Waals surface area contributed by atoms with Crippen LogP contribution in [0, 0.1) is 6.92 Å². The highest BCUT2D eigenvalue weighted by Gasteiger charge is 2.49. The van der Waals surface area contributed by atoms with Crippen molar-refractivity contribution in [1.82, 2.24) is 10.2 Å². The molecule has 0 bridgehead atoms. The number of rotatable bonds is 3. The largest absolute Gasteiger partial charge is 0.423 e. The molecule has 2 aliphatic rings. The van der Waals surface area contributed by atoms with Gasteiger partial charge in [-0.25, -0.2) is 9.59 Å². The van der Waals surface area contributed by atoms with Gasteiger partial charge in [-0.05, 0) is 67.0 Å². The third-order valence-corrected chi connectivity index (χ3v) is 6.26. The van der Waals surface area contributed by atoms with E-state index in [1.54, 1.807) is 13.0 Å². The second kappa shape index (κ2) is 6.55. The molecule has 0 radical (unpaired) electrons. The monoisotopic (exact) mass is 402 g/mol. The third kappa shape index (κ3) is 2.83. The number of hydrogen-bond acceptors (Lipinski definition) is 4. The van der Waals surface area contributed by atoms with Crippen molar-refractivity contribution >= 4 is 22.9 Å². The lowest BCUT2D eigenvalue weighted by Gasteiger charge is -2.23. The second-order valence-electron chi connectivity index (χ2n) is 8.37. The maximum atomic E-state index is 13.4. The van der Waals surface area contributed by atoms with Gasteiger partial charge in [0, 0.05) is 11.5 Å². The Morgan fingerprint density at radius 3 is 2.67 bits per heavy atom. The number of benzene rings is 2. The fourth-order valence-corrected chi connectivity index (χ4v) is 4.56. The lowest BCUT2D eigenvalue weighted by atomic mass is 9.89. The number of hydrogen-bond donors (Lipinski definition) is 1. The topological polar surface area (TPSA) is 79.6 Å². The summed E-state index contributed by atoms with van der Waals surface area (Å²) in [7, 11) is 0. The van der Waals surface area contributed by atoms with E-state index in [4.69, 9.17) is 4.42 Å². The van der Waals surface area contributed by atoms with E-state index in [0.29, 0.717) is 16.5 Å². The molecule has 0 saturated carbocycles. The number of carbonyl (C=O) groups is 2. The van der Waals surface area contributed by atoms with Crippen LogP contribution in [0.15, 0.2) is 51.7 Å². The molecular formula is C24H22N2O4. The molecule has 0 spiro atoms. The molecule has 5 rings (SSSR count). The Morgan fingerprint density at radius 2 is 1.83 bits per heavy atom. The van der Waals surface area contributed by atoms with Crippen LogP contribution in [0.3, 0.4) is 0 Å². The van der Waals surface area contributed by atoms with Gasteiger partial charge in [-0.1, -0.05) is 30.3 Å². The number of amides is 3. The molecule has 1 saturated heterocycles. The Bertz CT molecular complexity index is 1280. The van der Waals surface area contributed by atoms with E-state index in [1.807, 2.05) is 31.2 Å². The van der Waals surface area contributed by atoms with Crippen molar-refractivity contribution < 1.29 is 14.0 Å². The molecule has 3 aromatic rings. The van der Waals surface area contributed by atoms with Gasteiger partial charge in [-0.2, -0.15) is 0 Å². The smallest absolute Gasteiger partial charge is 0.336 e. The summed E-state index contributed by atoms with van der Waals surface area (Å²) in [6.45, 7) is 3.66. The van der Waals surface area contributed by atoms with Crippen molar-refractivity contribution in [3.8, 4) is 0 Å². The molecular weight excluding hydrogens is 380 g/mol. The molecule has 1 N–H and O–H groups in total. The summed E-state index contributed by atoms with van der Waals surface area (Å²) < 4.78 is 5.29. The number of carbonyl (C=O) groups excluding carboxylic acids is 2. The summed E-state index contributed by atoms with van der Waals surface area (Å²) in [6.07, 6.45) is 3.17. The highest BCUT2D eigenvalue weighted by atomic mass is 16.4. The molecule has 1 aliphatic carbocycles. The van der Waals surface area contributed by atoms with Gasteiger partial charge < -0.3 is 9.73 Å². The van der Waals surface area contributed by atoms with Crippen LogP contribution in [0.4, 0.5) is 4.79 Å². The fraction of sp³-hybridized carbons (Fsp3) is 0.292. The van der Waals surface area contributed by atoms with Crippen molar-refractivity contribution in [3.05, 3.63) is 80.7 Å². The number of imide groups is 1. The minimum Gasteiger partial charge on any atom is -0.423 e.